The molecule has 0 atom stereocenters. The average molecular weight is 387 g/mol. The van der Waals surface area contributed by atoms with Crippen molar-refractivity contribution < 1.29 is 9.21 Å². The molecule has 28 heavy (non-hydrogen) atoms. The largest absolute Gasteiger partial charge is 0.440 e. The number of anilines is 1. The molecule has 0 radical (unpaired) electrons. The Labute approximate surface area is 166 Å². The van der Waals surface area contributed by atoms with Gasteiger partial charge in [0.25, 0.3) is 5.91 Å². The highest BCUT2D eigenvalue weighted by Gasteiger charge is 2.34. The van der Waals surface area contributed by atoms with Crippen molar-refractivity contribution >= 4 is 22.9 Å². The molecule has 5 rings (SSSR count). The summed E-state index contributed by atoms with van der Waals surface area (Å²) in [6, 6.07) is 17.3. The number of carbonyl (C=O) groups is 1. The molecule has 0 aliphatic heterocycles. The average Bonchev–Trinajstić information content (AvgIpc) is 3.25. The molecule has 0 saturated heterocycles. The lowest BCUT2D eigenvalue weighted by molar-refractivity contribution is 0.102. The molecular weight excluding hydrogens is 370 g/mol. The van der Waals surface area contributed by atoms with Gasteiger partial charge in [0.05, 0.1) is 0 Å². The van der Waals surface area contributed by atoms with Gasteiger partial charge < -0.3 is 9.73 Å². The van der Waals surface area contributed by atoms with Gasteiger partial charge in [-0.15, -0.1) is 11.3 Å². The summed E-state index contributed by atoms with van der Waals surface area (Å²) in [7, 11) is 0. The Hall–Kier alpha value is -3.25. The minimum Gasteiger partial charge on any atom is -0.440 e. The third-order valence-corrected chi connectivity index (χ3v) is 5.46. The van der Waals surface area contributed by atoms with E-state index in [0.29, 0.717) is 23.0 Å². The molecule has 138 valence electrons. The molecule has 2 aromatic carbocycles. The zero-order chi connectivity index (χ0) is 18.9. The van der Waals surface area contributed by atoms with Gasteiger partial charge in [-0.1, -0.05) is 30.3 Å². The lowest BCUT2D eigenvalue weighted by atomic mass is 10.2. The molecule has 2 aromatic heterocycles. The first kappa shape index (κ1) is 16.9. The van der Waals surface area contributed by atoms with Crippen LogP contribution in [0.25, 0.3) is 22.0 Å². The third kappa shape index (κ3) is 3.34. The van der Waals surface area contributed by atoms with Crippen LogP contribution in [-0.4, -0.2) is 15.9 Å². The van der Waals surface area contributed by atoms with Crippen LogP contribution in [0, 0.1) is 0 Å². The van der Waals surface area contributed by atoms with Crippen LogP contribution in [0.15, 0.2) is 70.6 Å². The number of amides is 1. The van der Waals surface area contributed by atoms with Crippen molar-refractivity contribution in [3.05, 3.63) is 77.6 Å². The lowest BCUT2D eigenvalue weighted by Crippen LogP contribution is -2.14. The van der Waals surface area contributed by atoms with Crippen LogP contribution in [-0.2, 0) is 0 Å². The topological polar surface area (TPSA) is 68.0 Å². The summed E-state index contributed by atoms with van der Waals surface area (Å²) < 4.78 is 5.99. The first-order valence-corrected chi connectivity index (χ1v) is 10.0. The maximum atomic E-state index is 13.0. The SMILES string of the molecule is O=C(Nc1cccc(-c2nccs2)c1)c1nc(-c2ccccc2)oc1C1CC1. The molecule has 0 bridgehead atoms. The number of oxazole rings is 1. The molecule has 1 N–H and O–H groups in total. The maximum absolute atomic E-state index is 13.0. The Kier molecular flexibility index (Phi) is 4.25. The summed E-state index contributed by atoms with van der Waals surface area (Å²) >= 11 is 1.56. The zero-order valence-electron chi connectivity index (χ0n) is 15.0. The molecule has 4 aromatic rings. The van der Waals surface area contributed by atoms with Gasteiger partial charge in [0.15, 0.2) is 5.69 Å². The molecular formula is C22H17N3O2S. The number of hydrogen-bond acceptors (Lipinski definition) is 5. The highest BCUT2D eigenvalue weighted by atomic mass is 32.1. The van der Waals surface area contributed by atoms with Crippen LogP contribution in [0.2, 0.25) is 0 Å². The Morgan fingerprint density at radius 1 is 1.07 bits per heavy atom. The van der Waals surface area contributed by atoms with Crippen LogP contribution in [0.5, 0.6) is 0 Å². The van der Waals surface area contributed by atoms with Crippen LogP contribution in [0.4, 0.5) is 5.69 Å². The summed E-state index contributed by atoms with van der Waals surface area (Å²) in [6.07, 6.45) is 3.83. The van der Waals surface area contributed by atoms with E-state index < -0.39 is 0 Å². The predicted octanol–water partition coefficient (Wildman–Crippen LogP) is 5.59. The number of nitrogens with zero attached hydrogens (tertiary/aromatic N) is 2. The maximum Gasteiger partial charge on any atom is 0.277 e. The first-order valence-electron chi connectivity index (χ1n) is 9.15. The predicted molar refractivity (Wildman–Crippen MR) is 109 cm³/mol. The van der Waals surface area contributed by atoms with Gasteiger partial charge in [0.2, 0.25) is 5.89 Å². The number of rotatable bonds is 5. The summed E-state index contributed by atoms with van der Waals surface area (Å²) in [6.45, 7) is 0. The van der Waals surface area contributed by atoms with E-state index in [9.17, 15) is 4.79 Å². The molecule has 1 aliphatic carbocycles. The second-order valence-electron chi connectivity index (χ2n) is 6.74. The van der Waals surface area contributed by atoms with Crippen molar-refractivity contribution in [1.29, 1.82) is 0 Å². The van der Waals surface area contributed by atoms with Crippen molar-refractivity contribution in [2.45, 2.75) is 18.8 Å². The van der Waals surface area contributed by atoms with E-state index in [4.69, 9.17) is 4.42 Å². The smallest absolute Gasteiger partial charge is 0.277 e. The van der Waals surface area contributed by atoms with Crippen molar-refractivity contribution in [3.8, 4) is 22.0 Å². The summed E-state index contributed by atoms with van der Waals surface area (Å²) in [5.41, 5.74) is 2.93. The number of benzene rings is 2. The van der Waals surface area contributed by atoms with Crippen LogP contribution < -0.4 is 5.32 Å². The Bertz CT molecular complexity index is 1120. The van der Waals surface area contributed by atoms with E-state index in [1.54, 1.807) is 17.5 Å². The van der Waals surface area contributed by atoms with Gasteiger partial charge in [-0.25, -0.2) is 9.97 Å². The van der Waals surface area contributed by atoms with Gasteiger partial charge in [0, 0.05) is 34.3 Å². The molecule has 1 amide bonds. The van der Waals surface area contributed by atoms with Gasteiger partial charge in [-0.3, -0.25) is 4.79 Å². The minimum absolute atomic E-state index is 0.246. The lowest BCUT2D eigenvalue weighted by Gasteiger charge is -2.05. The number of nitrogens with one attached hydrogen (secondary N) is 1. The number of hydrogen-bond donors (Lipinski definition) is 1. The summed E-state index contributed by atoms with van der Waals surface area (Å²) in [4.78, 5) is 21.8. The number of aromatic nitrogens is 2. The highest BCUT2D eigenvalue weighted by molar-refractivity contribution is 7.13. The standard InChI is InChI=1S/C22H17N3O2S/c26-20(24-17-8-4-7-16(13-17)22-23-11-12-28-22)18-19(14-9-10-14)27-21(25-18)15-5-2-1-3-6-15/h1-8,11-14H,9-10H2,(H,24,26). The molecule has 1 aliphatic rings. The fourth-order valence-electron chi connectivity index (χ4n) is 3.11. The summed E-state index contributed by atoms with van der Waals surface area (Å²) in [5, 5.41) is 5.82. The van der Waals surface area contributed by atoms with E-state index in [1.807, 2.05) is 60.0 Å². The van der Waals surface area contributed by atoms with Gasteiger partial charge >= 0.3 is 0 Å². The van der Waals surface area contributed by atoms with E-state index in [-0.39, 0.29) is 11.8 Å². The van der Waals surface area contributed by atoms with Gasteiger partial charge in [-0.05, 0) is 37.1 Å². The second kappa shape index (κ2) is 7.05. The first-order chi connectivity index (χ1) is 13.8. The monoisotopic (exact) mass is 387 g/mol. The van der Waals surface area contributed by atoms with Crippen molar-refractivity contribution in [2.75, 3.05) is 5.32 Å². The molecule has 2 heterocycles. The summed E-state index contributed by atoms with van der Waals surface area (Å²) in [5.74, 6) is 1.22. The van der Waals surface area contributed by atoms with E-state index in [1.165, 1.54) is 0 Å². The van der Waals surface area contributed by atoms with Crippen LogP contribution >= 0.6 is 11.3 Å². The zero-order valence-corrected chi connectivity index (χ0v) is 15.8. The molecule has 0 spiro atoms. The Balaban J connectivity index is 1.44. The molecule has 0 unspecified atom stereocenters. The van der Waals surface area contributed by atoms with Crippen molar-refractivity contribution in [3.63, 3.8) is 0 Å². The molecule has 1 saturated carbocycles. The fraction of sp³-hybridized carbons (Fsp3) is 0.136. The molecule has 5 nitrogen and oxygen atoms in total. The molecule has 1 fully saturated rings. The fourth-order valence-corrected chi connectivity index (χ4v) is 3.74. The van der Waals surface area contributed by atoms with Gasteiger partial charge in [0.1, 0.15) is 10.8 Å². The third-order valence-electron chi connectivity index (χ3n) is 4.64. The van der Waals surface area contributed by atoms with Crippen LogP contribution in [0.1, 0.15) is 35.0 Å². The second-order valence-corrected chi connectivity index (χ2v) is 7.64. The number of carbonyl (C=O) groups excluding carboxylic acids is 1. The minimum atomic E-state index is -0.246. The Morgan fingerprint density at radius 2 is 1.89 bits per heavy atom. The Morgan fingerprint density at radius 3 is 2.64 bits per heavy atom. The van der Waals surface area contributed by atoms with Crippen LogP contribution in [0.3, 0.4) is 0 Å². The van der Waals surface area contributed by atoms with E-state index in [0.717, 1.165) is 29.0 Å². The van der Waals surface area contributed by atoms with Crippen molar-refractivity contribution in [1.82, 2.24) is 9.97 Å². The quantitative estimate of drug-likeness (QED) is 0.484. The number of thiazole rings is 1. The van der Waals surface area contributed by atoms with E-state index in [2.05, 4.69) is 15.3 Å². The normalized spacial score (nSPS) is 13.4. The van der Waals surface area contributed by atoms with E-state index >= 15 is 0 Å². The molecule has 6 heteroatoms. The highest BCUT2D eigenvalue weighted by Crippen LogP contribution is 2.43. The van der Waals surface area contributed by atoms with Gasteiger partial charge in [-0.2, -0.15) is 0 Å². The van der Waals surface area contributed by atoms with Crippen molar-refractivity contribution in [2.24, 2.45) is 0 Å².